The van der Waals surface area contributed by atoms with E-state index in [4.69, 9.17) is 5.73 Å². The molecule has 0 aromatic rings. The van der Waals surface area contributed by atoms with Gasteiger partial charge in [-0.2, -0.15) is 6.42 Å². The third-order valence-corrected chi connectivity index (χ3v) is 0.454. The van der Waals surface area contributed by atoms with Gasteiger partial charge in [0.2, 0.25) is 0 Å². The first-order valence-corrected chi connectivity index (χ1v) is 1.91. The molecule has 2 heteroatoms. The first kappa shape index (κ1) is 15.7. The first-order chi connectivity index (χ1) is 2.41. The molecule has 7 heavy (non-hydrogen) atoms. The fraction of sp³-hybridized carbons (Fsp3) is 0.600. The Labute approximate surface area is 71.9 Å². The molecule has 0 atom stereocenters. The van der Waals surface area contributed by atoms with E-state index < -0.39 is 0 Å². The predicted octanol–water partition coefficient (Wildman–Crippen LogP) is 1.01. The van der Waals surface area contributed by atoms with Crippen LogP contribution in [0.5, 0.6) is 0 Å². The van der Waals surface area contributed by atoms with Crippen molar-refractivity contribution in [3.63, 3.8) is 0 Å². The molecule has 0 heterocycles. The molecule has 0 aliphatic rings. The van der Waals surface area contributed by atoms with Crippen molar-refractivity contribution in [2.45, 2.75) is 12.8 Å². The molecule has 43 valence electrons. The third kappa shape index (κ3) is 19.3. The van der Waals surface area contributed by atoms with Gasteiger partial charge in [0.25, 0.3) is 0 Å². The fourth-order valence-electron chi connectivity index (χ4n) is 0.144. The minimum atomic E-state index is 0. The minimum Gasteiger partial charge on any atom is -0.358 e. The molecule has 0 fully saturated rings. The van der Waals surface area contributed by atoms with Gasteiger partial charge in [-0.05, 0) is 6.54 Å². The van der Waals surface area contributed by atoms with Crippen LogP contribution in [0.2, 0.25) is 0 Å². The van der Waals surface area contributed by atoms with Crippen LogP contribution in [0.1, 0.15) is 12.8 Å². The smallest absolute Gasteiger partial charge is 0 e. The summed E-state index contributed by atoms with van der Waals surface area (Å²) in [5.41, 5.74) is 5.10. The molecule has 0 saturated carbocycles. The fourth-order valence-corrected chi connectivity index (χ4v) is 0.144. The Kier molecular flexibility index (Phi) is 35.3. The van der Waals surface area contributed by atoms with E-state index in [1.54, 1.807) is 0 Å². The molecule has 0 rings (SSSR count). The van der Waals surface area contributed by atoms with Gasteiger partial charge in [-0.15, -0.1) is 0 Å². The van der Waals surface area contributed by atoms with Crippen LogP contribution < -0.4 is 5.73 Å². The molecular weight excluding hydrogens is 163 g/mol. The van der Waals surface area contributed by atoms with E-state index in [2.05, 4.69) is 6.92 Å². The van der Waals surface area contributed by atoms with Crippen LogP contribution in [0.3, 0.4) is 0 Å². The topological polar surface area (TPSA) is 26.0 Å². The summed E-state index contributed by atoms with van der Waals surface area (Å²) in [7, 11) is 0. The van der Waals surface area contributed by atoms with Gasteiger partial charge in [0.1, 0.15) is 0 Å². The van der Waals surface area contributed by atoms with E-state index in [9.17, 15) is 0 Å². The molecule has 0 aliphatic carbocycles. The molecule has 0 saturated heterocycles. The summed E-state index contributed by atoms with van der Waals surface area (Å²) in [6.45, 7) is 4.38. The minimum absolute atomic E-state index is 0. The van der Waals surface area contributed by atoms with Gasteiger partial charge in [-0.3, -0.25) is 0 Å². The summed E-state index contributed by atoms with van der Waals surface area (Å²) in [5, 5.41) is 0. The Balaban J connectivity index is -0.0000000800. The van der Waals surface area contributed by atoms with Gasteiger partial charge in [0.05, 0.1) is 0 Å². The molecule has 1 nitrogen and oxygen atoms in total. The number of unbranched alkanes of at least 4 members (excludes halogenated alkanes) is 1. The maximum atomic E-state index is 5.10. The van der Waals surface area contributed by atoms with Gasteiger partial charge in [-0.25, -0.2) is 0 Å². The number of hydrogen-bond acceptors (Lipinski definition) is 1. The summed E-state index contributed by atoms with van der Waals surface area (Å²) in [4.78, 5) is 0. The molecule has 0 spiro atoms. The van der Waals surface area contributed by atoms with Crippen molar-refractivity contribution in [2.75, 3.05) is 6.54 Å². The molecular formula is C5H13NY-2. The molecule has 0 aliphatic heterocycles. The van der Waals surface area contributed by atoms with Crippen LogP contribution in [0.4, 0.5) is 0 Å². The van der Waals surface area contributed by atoms with Crippen molar-refractivity contribution >= 4 is 0 Å². The van der Waals surface area contributed by atoms with Gasteiger partial charge in [0, 0.05) is 32.7 Å². The number of rotatable bonds is 2. The molecule has 0 aromatic heterocycles. The Bertz CT molecular complexity index is 15.6. The molecule has 1 radical (unpaired) electrons. The zero-order valence-electron chi connectivity index (χ0n) is 4.98. The van der Waals surface area contributed by atoms with Crippen LogP contribution in [0, 0.1) is 14.4 Å². The zero-order chi connectivity index (χ0) is 4.12. The molecule has 0 bridgehead atoms. The number of hydrogen-bond donors (Lipinski definition) is 1. The van der Waals surface area contributed by atoms with Crippen LogP contribution in [0.15, 0.2) is 0 Å². The Morgan fingerprint density at radius 3 is 1.86 bits per heavy atom. The SMILES string of the molecule is [CH2-]CCCN.[CH3-].[Y]. The number of nitrogens with two attached hydrogens (primary N) is 1. The standard InChI is InChI=1S/C4H10N.CH3.Y/c1-2-3-4-5;;/h1-5H2;1H3;/q2*-1;. The van der Waals surface area contributed by atoms with Crippen molar-refractivity contribution in [1.82, 2.24) is 0 Å². The average Bonchev–Trinajstić information content (AvgIpc) is 1.41. The van der Waals surface area contributed by atoms with E-state index in [-0.39, 0.29) is 40.1 Å². The molecule has 0 aromatic carbocycles. The van der Waals surface area contributed by atoms with Crippen LogP contribution in [0.25, 0.3) is 0 Å². The Morgan fingerprint density at radius 1 is 1.43 bits per heavy atom. The zero-order valence-corrected chi connectivity index (χ0v) is 7.82. The van der Waals surface area contributed by atoms with Crippen LogP contribution >= 0.6 is 0 Å². The normalized spacial score (nSPS) is 6.00. The van der Waals surface area contributed by atoms with Crippen LogP contribution in [-0.4, -0.2) is 6.54 Å². The maximum Gasteiger partial charge on any atom is 0 e. The summed E-state index contributed by atoms with van der Waals surface area (Å²) < 4.78 is 0. The summed E-state index contributed by atoms with van der Waals surface area (Å²) in [6, 6.07) is 0. The summed E-state index contributed by atoms with van der Waals surface area (Å²) in [6.07, 6.45) is 2.02. The quantitative estimate of drug-likeness (QED) is 0.624. The molecule has 2 N–H and O–H groups in total. The van der Waals surface area contributed by atoms with Gasteiger partial charge in [0.15, 0.2) is 0 Å². The van der Waals surface area contributed by atoms with Gasteiger partial charge in [-0.1, -0.05) is 6.42 Å². The van der Waals surface area contributed by atoms with E-state index in [0.717, 1.165) is 19.4 Å². The van der Waals surface area contributed by atoms with E-state index in [1.165, 1.54) is 0 Å². The van der Waals surface area contributed by atoms with Crippen molar-refractivity contribution in [2.24, 2.45) is 5.73 Å². The second kappa shape index (κ2) is 15.7. The first-order valence-electron chi connectivity index (χ1n) is 1.91. The Morgan fingerprint density at radius 2 is 1.86 bits per heavy atom. The van der Waals surface area contributed by atoms with E-state index >= 15 is 0 Å². The van der Waals surface area contributed by atoms with E-state index in [1.807, 2.05) is 0 Å². The second-order valence-corrected chi connectivity index (χ2v) is 0.996. The monoisotopic (exact) mass is 176 g/mol. The molecule has 0 amide bonds. The maximum absolute atomic E-state index is 5.10. The van der Waals surface area contributed by atoms with Crippen molar-refractivity contribution < 1.29 is 32.7 Å². The third-order valence-electron chi connectivity index (χ3n) is 0.454. The van der Waals surface area contributed by atoms with E-state index in [0.29, 0.717) is 0 Å². The predicted molar refractivity (Wildman–Crippen MR) is 30.1 cm³/mol. The average molecular weight is 176 g/mol. The van der Waals surface area contributed by atoms with Crippen LogP contribution in [-0.2, 0) is 32.7 Å². The van der Waals surface area contributed by atoms with Crippen molar-refractivity contribution in [1.29, 1.82) is 0 Å². The van der Waals surface area contributed by atoms with Crippen molar-refractivity contribution in [3.8, 4) is 0 Å². The summed E-state index contributed by atoms with van der Waals surface area (Å²) >= 11 is 0. The van der Waals surface area contributed by atoms with Gasteiger partial charge >= 0.3 is 0 Å². The largest absolute Gasteiger partial charge is 0.358 e. The second-order valence-electron chi connectivity index (χ2n) is 0.996. The summed E-state index contributed by atoms with van der Waals surface area (Å²) in [5.74, 6) is 0. The molecule has 0 unspecified atom stereocenters. The van der Waals surface area contributed by atoms with Gasteiger partial charge < -0.3 is 20.1 Å². The Hall–Kier alpha value is 1.06. The van der Waals surface area contributed by atoms with Crippen molar-refractivity contribution in [3.05, 3.63) is 14.4 Å².